The van der Waals surface area contributed by atoms with Crippen LogP contribution >= 0.6 is 0 Å². The van der Waals surface area contributed by atoms with Crippen molar-refractivity contribution in [1.82, 2.24) is 0 Å². The summed E-state index contributed by atoms with van der Waals surface area (Å²) in [6.45, 7) is 47.4. The first-order chi connectivity index (χ1) is 65.3. The van der Waals surface area contributed by atoms with Crippen LogP contribution in [0, 0.1) is 227 Å². The molecule has 0 aliphatic heterocycles. The summed E-state index contributed by atoms with van der Waals surface area (Å²) >= 11 is 0. The molecular formula is C117H202O20S. The average Bonchev–Trinajstić information content (AvgIpc) is 1.45. The quantitative estimate of drug-likeness (QED) is 0.0217. The normalized spacial score (nSPS) is 46.9. The van der Waals surface area contributed by atoms with Gasteiger partial charge in [0, 0.05) is 34.2 Å². The Labute approximate surface area is 838 Å². The molecule has 0 bridgehead atoms. The summed E-state index contributed by atoms with van der Waals surface area (Å²) in [6.07, 6.45) is 41.9. The lowest BCUT2D eigenvalue weighted by Crippen LogP contribution is -2.62. The Morgan fingerprint density at radius 1 is 0.362 bits per heavy atom. The molecule has 0 aromatic carbocycles. The molecule has 21 heteroatoms. The van der Waals surface area contributed by atoms with Crippen molar-refractivity contribution in [3.8, 4) is 0 Å². The molecule has 16 saturated carbocycles. The Morgan fingerprint density at radius 2 is 0.667 bits per heavy atom. The number of fused-ring (bicyclic) bond motifs is 20. The third-order valence-corrected chi connectivity index (χ3v) is 47.3. The molecule has 138 heavy (non-hydrogen) atoms. The second-order valence-electron chi connectivity index (χ2n) is 52.8. The Hall–Kier alpha value is -2.57. The molecule has 0 amide bonds. The van der Waals surface area contributed by atoms with E-state index in [0.717, 1.165) is 111 Å². The second-order valence-corrected chi connectivity index (χ2v) is 54.4. The van der Waals surface area contributed by atoms with E-state index in [1.54, 1.807) is 21.3 Å². The third kappa shape index (κ3) is 21.4. The molecule has 16 aliphatic rings. The van der Waals surface area contributed by atoms with E-state index < -0.39 is 40.2 Å². The van der Waals surface area contributed by atoms with Crippen molar-refractivity contribution in [3.63, 3.8) is 0 Å². The monoisotopic (exact) mass is 1960 g/mol. The van der Waals surface area contributed by atoms with Crippen molar-refractivity contribution in [2.24, 2.45) is 227 Å². The van der Waals surface area contributed by atoms with Gasteiger partial charge in [0.25, 0.3) is 10.1 Å². The largest absolute Gasteiger partial charge is 0.481 e. The number of rotatable bonds is 31. The highest BCUT2D eigenvalue weighted by Crippen LogP contribution is 2.77. The number of aliphatic hydroxyl groups excluding tert-OH is 3. The van der Waals surface area contributed by atoms with Crippen molar-refractivity contribution in [2.45, 2.75) is 418 Å². The number of hydrogen-bond acceptors (Lipinski definition) is 19. The summed E-state index contributed by atoms with van der Waals surface area (Å²) in [5, 5.41) is 41.7. The maximum Gasteiger partial charge on any atom is 0.336 e. The number of carbonyl (C=O) groups is 4. The van der Waals surface area contributed by atoms with Gasteiger partial charge in [-0.25, -0.2) is 9.59 Å². The molecule has 16 rings (SSSR count). The van der Waals surface area contributed by atoms with Crippen LogP contribution in [-0.4, -0.2) is 165 Å². The average molecular weight is 1960 g/mol. The number of hydrogen-bond donors (Lipinski definition) is 4. The molecule has 0 saturated heterocycles. The summed E-state index contributed by atoms with van der Waals surface area (Å²) in [5.74, 6) is 16.2. The number of aliphatic hydroxyl groups is 3. The summed E-state index contributed by atoms with van der Waals surface area (Å²) < 4.78 is 80.2. The van der Waals surface area contributed by atoms with Crippen molar-refractivity contribution in [3.05, 3.63) is 0 Å². The zero-order chi connectivity index (χ0) is 101. The molecule has 0 aromatic heterocycles. The second kappa shape index (κ2) is 45.9. The number of esters is 3. The van der Waals surface area contributed by atoms with Gasteiger partial charge in [-0.3, -0.25) is 13.8 Å². The maximum absolute atomic E-state index is 12.5. The van der Waals surface area contributed by atoms with Crippen LogP contribution < -0.4 is 0 Å². The maximum atomic E-state index is 12.5. The molecule has 16 fully saturated rings. The highest BCUT2D eigenvalue weighted by Gasteiger charge is 2.72. The number of aliphatic carboxylic acids is 1. The van der Waals surface area contributed by atoms with Crippen molar-refractivity contribution in [1.29, 1.82) is 0 Å². The molecule has 16 aliphatic carbocycles. The van der Waals surface area contributed by atoms with Gasteiger partial charge in [-0.05, 0) is 413 Å². The summed E-state index contributed by atoms with van der Waals surface area (Å²) in [6, 6.07) is 0. The van der Waals surface area contributed by atoms with Gasteiger partial charge in [0.1, 0.15) is 20.4 Å². The number of methoxy groups -OCH3 is 6. The van der Waals surface area contributed by atoms with Gasteiger partial charge in [-0.1, -0.05) is 176 Å². The molecule has 4 N–H and O–H groups in total. The van der Waals surface area contributed by atoms with Crippen LogP contribution in [0.15, 0.2) is 0 Å². The first-order valence-corrected chi connectivity index (χ1v) is 58.8. The highest BCUT2D eigenvalue weighted by molar-refractivity contribution is 7.86. The Balaban J connectivity index is 0.000000156. The van der Waals surface area contributed by atoms with Crippen LogP contribution in [0.25, 0.3) is 0 Å². The van der Waals surface area contributed by atoms with Gasteiger partial charge >= 0.3 is 23.9 Å². The van der Waals surface area contributed by atoms with Crippen LogP contribution in [0.3, 0.4) is 0 Å². The fourth-order valence-electron chi connectivity index (χ4n) is 40.4. The zero-order valence-corrected chi connectivity index (χ0v) is 92.5. The molecule has 20 nitrogen and oxygen atoms in total. The van der Waals surface area contributed by atoms with E-state index in [1.807, 2.05) is 0 Å². The van der Waals surface area contributed by atoms with E-state index in [4.69, 9.17) is 51.9 Å². The zero-order valence-electron chi connectivity index (χ0n) is 91.7. The fourth-order valence-corrected chi connectivity index (χ4v) is 41.0. The number of carboxylic acid groups (broad SMARTS) is 1. The van der Waals surface area contributed by atoms with Crippen LogP contribution in [0.1, 0.15) is 376 Å². The molecule has 0 heterocycles. The fraction of sp³-hybridized carbons (Fsp3) is 0.966. The van der Waals surface area contributed by atoms with Crippen LogP contribution in [-0.2, 0) is 76.1 Å². The third-order valence-electron chi connectivity index (χ3n) is 46.8. The molecule has 796 valence electrons. The molecule has 0 spiro atoms. The topological polar surface area (TPSA) is 276 Å². The summed E-state index contributed by atoms with van der Waals surface area (Å²) in [7, 11) is 5.62. The smallest absolute Gasteiger partial charge is 0.336 e. The first kappa shape index (κ1) is 113. The Morgan fingerprint density at radius 3 is 0.993 bits per heavy atom. The van der Waals surface area contributed by atoms with E-state index in [2.05, 4.69) is 132 Å². The minimum atomic E-state index is -3.78. The van der Waals surface area contributed by atoms with E-state index in [-0.39, 0.29) is 64.4 Å². The lowest BCUT2D eigenvalue weighted by molar-refractivity contribution is -0.231. The summed E-state index contributed by atoms with van der Waals surface area (Å²) in [5.41, 5.74) is 2.41. The van der Waals surface area contributed by atoms with E-state index in [1.165, 1.54) is 182 Å². The van der Waals surface area contributed by atoms with E-state index in [0.29, 0.717) is 198 Å². The SMILES string of the molecule is CC[C@H]1[C@@H](O)C2C3CC[C@H]([C@H](C)CCC(=O)O)[C@@]3(C)CCC2[C@@]2(C)CC[C@@H](O)C[C@@H]12.CC[C@H]1[C@@H](OCOC)C2C3CC[C@H]([C@H](C)CC(O)C(=O)OC)[C@@]3(C)CCC2[C@@]2(C)CC[C@@H](C)C[C@@H]12.CC[C@H]1[C@@H](OCOC)C2C3CC[C@H]([C@H](C)CC(OS(C)(=O)=O)C(=O)OC)[C@@]3(C)CCC2[C@@]2(C)CC[C@@H](C)C[C@@H]12.CC[C@H]1[C@@H](OCOC)C2C3CC[C@H]([C@H](C)CCC(=O)OC)[C@@]3(C)CCC2[C@@]2(C)CC[C@@H](C)C[C@@H]12. The highest BCUT2D eigenvalue weighted by atomic mass is 32.2. The van der Waals surface area contributed by atoms with Crippen molar-refractivity contribution < 1.29 is 94.8 Å². The minimum absolute atomic E-state index is 0.0631. The molecule has 46 atom stereocenters. The van der Waals surface area contributed by atoms with Crippen molar-refractivity contribution in [2.75, 3.05) is 69.3 Å². The minimum Gasteiger partial charge on any atom is -0.481 e. The molecule has 0 radical (unpaired) electrons. The molecular weight excluding hydrogens is 1760 g/mol. The Bertz CT molecular complexity index is 4070. The van der Waals surface area contributed by atoms with Crippen LogP contribution in [0.4, 0.5) is 0 Å². The van der Waals surface area contributed by atoms with Gasteiger partial charge < -0.3 is 63.1 Å². The van der Waals surface area contributed by atoms with Gasteiger partial charge in [-0.15, -0.1) is 0 Å². The van der Waals surface area contributed by atoms with Crippen LogP contribution in [0.5, 0.6) is 0 Å². The van der Waals surface area contributed by atoms with Gasteiger partial charge in [-0.2, -0.15) is 8.42 Å². The standard InChI is InChI=1S/C31H54O7S.C30H52O5.C30H52O4.C26H44O4/c1-9-21-25-16-19(2)12-14-31(25,5)24-13-15-30(4)22(10-11-23(30)27(24)28(21)37-18-35-6)20(3)17-26(29(32)36-7)38-39(8,33)34;1-8-20-24-15-18(2)11-13-30(24,5)23-12-14-29(4)21(19(3)16-25(31)28(32)34-7)9-10-22(29)26(23)27(20)35-17-33-6;1-8-21-25-17-19(2)13-15-30(25,5)24-14-16-29(4)22(20(3)9-12-26(31)33-7)10-11-23(29)27(24)28(21)34-18-32-6;1-5-17-21-14-16(27)10-12-26(21,4)20-11-13-25(3)18(15(2)6-9-22(28)29)7-8-19(25)23(20)24(17)30/h19-28H,9-18H2,1-8H3;18-27,31H,8-17H2,1-7H3;19-25,27-28H,8-18H2,1-7H3;15-21,23-24,27,30H,5-14H2,1-4H3,(H,28,29)/t19-,20-,21-,22-,23?,24?,25+,26?,27?,28-,30-,31-;18-,19-,20-,21-,22?,23?,24+,25?,26?,27-,29-,30-;19-,20-,21-,22-,23?,24?,25+,27?,28-,29-,30-;15-,16-,17-,18-,19?,20?,21+,23?,24-,25-,26-/m1111/s1. The van der Waals surface area contributed by atoms with E-state index in [9.17, 15) is 42.9 Å². The van der Waals surface area contributed by atoms with Gasteiger partial charge in [0.2, 0.25) is 0 Å². The van der Waals surface area contributed by atoms with Gasteiger partial charge in [0.05, 0.1) is 58.1 Å². The molecule has 0 aromatic rings. The number of carboxylic acids is 1. The Kier molecular flexibility index (Phi) is 37.4. The lowest BCUT2D eigenvalue weighted by Gasteiger charge is -2.65. The number of carbonyl (C=O) groups excluding carboxylic acids is 3. The first-order valence-electron chi connectivity index (χ1n) is 56.9. The predicted molar refractivity (Wildman–Crippen MR) is 543 cm³/mol. The van der Waals surface area contributed by atoms with Gasteiger partial charge in [0.15, 0.2) is 12.2 Å². The van der Waals surface area contributed by atoms with E-state index >= 15 is 0 Å². The van der Waals surface area contributed by atoms with Crippen LogP contribution in [0.2, 0.25) is 0 Å². The summed E-state index contributed by atoms with van der Waals surface area (Å²) in [4.78, 5) is 47.3. The van der Waals surface area contributed by atoms with Crippen molar-refractivity contribution >= 4 is 34.0 Å². The molecule has 14 unspecified atom stereocenters. The number of ether oxygens (including phenoxy) is 9. The predicted octanol–water partition coefficient (Wildman–Crippen LogP) is 24.4. The lowest BCUT2D eigenvalue weighted by atomic mass is 9.41.